The molecule has 0 spiro atoms. The van der Waals surface area contributed by atoms with Gasteiger partial charge in [-0.25, -0.2) is 14.5 Å². The summed E-state index contributed by atoms with van der Waals surface area (Å²) in [7, 11) is 0. The molecule has 10 nitrogen and oxygen atoms in total. The van der Waals surface area contributed by atoms with Crippen molar-refractivity contribution >= 4 is 55.8 Å². The molecule has 5 heterocycles. The van der Waals surface area contributed by atoms with Crippen LogP contribution in [0.4, 0.5) is 5.82 Å². The van der Waals surface area contributed by atoms with Gasteiger partial charge >= 0.3 is 0 Å². The third-order valence-corrected chi connectivity index (χ3v) is 6.58. The Morgan fingerprint density at radius 3 is 2.77 bits per heavy atom. The number of aliphatic hydroxyl groups is 1. The SMILES string of the molecule is CCOc1cc(-c2ccc(N3CC[C@H](NC(=O)c4ncccc4Cl)[C@@H](O)C3)nc2)c2c(C#N)cnn2c1.S.S. The van der Waals surface area contributed by atoms with Gasteiger partial charge in [-0.2, -0.15) is 37.4 Å². The van der Waals surface area contributed by atoms with Gasteiger partial charge in [0.2, 0.25) is 0 Å². The highest BCUT2D eigenvalue weighted by atomic mass is 35.5. The first-order chi connectivity index (χ1) is 18.0. The van der Waals surface area contributed by atoms with Gasteiger partial charge in [0.25, 0.3) is 5.91 Å². The zero-order valence-electron chi connectivity index (χ0n) is 21.0. The molecule has 0 bridgehead atoms. The van der Waals surface area contributed by atoms with Gasteiger partial charge < -0.3 is 20.1 Å². The van der Waals surface area contributed by atoms with Crippen LogP contribution >= 0.6 is 38.6 Å². The number of amides is 1. The van der Waals surface area contributed by atoms with Crippen LogP contribution in [0.15, 0.2) is 55.1 Å². The van der Waals surface area contributed by atoms with Crippen molar-refractivity contribution in [2.24, 2.45) is 0 Å². The molecule has 2 N–H and O–H groups in total. The lowest BCUT2D eigenvalue weighted by atomic mass is 10.0. The molecule has 1 aliphatic heterocycles. The Hall–Kier alpha value is -3.50. The van der Waals surface area contributed by atoms with E-state index in [0.29, 0.717) is 48.8 Å². The number of hydrogen-bond donors (Lipinski definition) is 2. The number of carbonyl (C=O) groups excluding carboxylic acids is 1. The number of β-amino-alcohol motifs (C(OH)–C–C–N with tert-alkyl or cyclic N) is 1. The number of piperidine rings is 1. The van der Waals surface area contributed by atoms with Crippen LogP contribution in [-0.4, -0.2) is 62.4 Å². The first kappa shape index (κ1) is 30.0. The lowest BCUT2D eigenvalue weighted by Crippen LogP contribution is -2.54. The maximum atomic E-state index is 12.6. The number of rotatable bonds is 6. The fraction of sp³-hybridized carbons (Fsp3) is 0.269. The number of carbonyl (C=O) groups is 1. The van der Waals surface area contributed by atoms with Gasteiger partial charge in [0.05, 0.1) is 47.2 Å². The molecule has 1 saturated heterocycles. The summed E-state index contributed by atoms with van der Waals surface area (Å²) in [6.07, 6.45) is 6.24. The highest BCUT2D eigenvalue weighted by Crippen LogP contribution is 2.31. The van der Waals surface area contributed by atoms with Crippen LogP contribution in [0, 0.1) is 11.3 Å². The standard InChI is InChI=1S/C26H24ClN7O3.2H2S/c1-2-37-18-10-19(25-17(11-28)13-31-34(25)14-18)16-5-6-23(30-12-16)33-9-7-21(22(35)15-33)32-26(36)24-20(27)4-3-8-29-24;;/h3-6,8,10,12-14,21-22,35H,2,7,9,15H2,1H3,(H,32,36);2*1H2/t21-,22-;;/m0../s1. The molecule has 13 heteroatoms. The van der Waals surface area contributed by atoms with E-state index in [-0.39, 0.29) is 37.7 Å². The minimum Gasteiger partial charge on any atom is -0.492 e. The number of ether oxygens (including phenoxy) is 1. The Morgan fingerprint density at radius 2 is 2.10 bits per heavy atom. The van der Waals surface area contributed by atoms with Crippen molar-refractivity contribution < 1.29 is 14.6 Å². The highest BCUT2D eigenvalue weighted by molar-refractivity contribution is 7.59. The third-order valence-electron chi connectivity index (χ3n) is 6.27. The topological polar surface area (TPSA) is 129 Å². The molecule has 2 atom stereocenters. The number of aromatic nitrogens is 4. The maximum absolute atomic E-state index is 12.6. The predicted molar refractivity (Wildman–Crippen MR) is 158 cm³/mol. The van der Waals surface area contributed by atoms with Crippen molar-refractivity contribution in [3.05, 3.63) is 71.4 Å². The van der Waals surface area contributed by atoms with Crippen LogP contribution in [0.1, 0.15) is 29.4 Å². The lowest BCUT2D eigenvalue weighted by molar-refractivity contribution is 0.0793. The summed E-state index contributed by atoms with van der Waals surface area (Å²) in [5, 5.41) is 27.7. The van der Waals surface area contributed by atoms with E-state index in [1.807, 2.05) is 30.0 Å². The van der Waals surface area contributed by atoms with Crippen LogP contribution in [0.2, 0.25) is 5.02 Å². The van der Waals surface area contributed by atoms with Crippen LogP contribution in [-0.2, 0) is 0 Å². The summed E-state index contributed by atoms with van der Waals surface area (Å²) in [6.45, 7) is 3.30. The maximum Gasteiger partial charge on any atom is 0.271 e. The number of nitrogens with zero attached hydrogens (tertiary/aromatic N) is 6. The molecule has 0 aromatic carbocycles. The molecule has 0 saturated carbocycles. The van der Waals surface area contributed by atoms with E-state index in [1.54, 1.807) is 29.0 Å². The fourth-order valence-electron chi connectivity index (χ4n) is 4.47. The Bertz CT molecular complexity index is 1490. The minimum absolute atomic E-state index is 0. The van der Waals surface area contributed by atoms with E-state index in [1.165, 1.54) is 12.4 Å². The second-order valence-electron chi connectivity index (χ2n) is 8.61. The summed E-state index contributed by atoms with van der Waals surface area (Å²) in [4.78, 5) is 23.2. The molecule has 4 aromatic heterocycles. The van der Waals surface area contributed by atoms with Gasteiger partial charge in [-0.05, 0) is 43.7 Å². The number of nitriles is 1. The second kappa shape index (κ2) is 13.0. The summed E-state index contributed by atoms with van der Waals surface area (Å²) in [5.74, 6) is 0.926. The molecule has 1 fully saturated rings. The molecular formula is C26H28ClN7O3S2. The van der Waals surface area contributed by atoms with Gasteiger partial charge in [0, 0.05) is 36.6 Å². The number of hydrogen-bond acceptors (Lipinski definition) is 8. The molecule has 1 aliphatic rings. The Balaban J connectivity index is 0.00000210. The largest absolute Gasteiger partial charge is 0.492 e. The monoisotopic (exact) mass is 585 g/mol. The molecule has 4 aromatic rings. The van der Waals surface area contributed by atoms with Crippen molar-refractivity contribution in [3.63, 3.8) is 0 Å². The quantitative estimate of drug-likeness (QED) is 0.353. The molecule has 5 rings (SSSR count). The van der Waals surface area contributed by atoms with Crippen molar-refractivity contribution in [2.75, 3.05) is 24.6 Å². The normalized spacial score (nSPS) is 16.5. The van der Waals surface area contributed by atoms with Gasteiger partial charge in [-0.15, -0.1) is 0 Å². The molecule has 0 aliphatic carbocycles. The summed E-state index contributed by atoms with van der Waals surface area (Å²) in [6, 6.07) is 10.7. The molecule has 0 radical (unpaired) electrons. The van der Waals surface area contributed by atoms with Crippen molar-refractivity contribution in [3.8, 4) is 22.9 Å². The smallest absolute Gasteiger partial charge is 0.271 e. The van der Waals surface area contributed by atoms with Crippen LogP contribution < -0.4 is 15.0 Å². The summed E-state index contributed by atoms with van der Waals surface area (Å²) < 4.78 is 7.32. The number of fused-ring (bicyclic) bond motifs is 1. The zero-order valence-corrected chi connectivity index (χ0v) is 23.8. The summed E-state index contributed by atoms with van der Waals surface area (Å²) >= 11 is 6.07. The second-order valence-corrected chi connectivity index (χ2v) is 9.01. The highest BCUT2D eigenvalue weighted by Gasteiger charge is 2.30. The minimum atomic E-state index is -0.797. The van der Waals surface area contributed by atoms with E-state index in [2.05, 4.69) is 26.5 Å². The lowest BCUT2D eigenvalue weighted by Gasteiger charge is -2.36. The number of aliphatic hydroxyl groups excluding tert-OH is 1. The zero-order chi connectivity index (χ0) is 25.9. The number of halogens is 1. The van der Waals surface area contributed by atoms with Gasteiger partial charge in [0.1, 0.15) is 23.3 Å². The molecule has 39 heavy (non-hydrogen) atoms. The molecule has 1 amide bonds. The van der Waals surface area contributed by atoms with Gasteiger partial charge in [-0.3, -0.25) is 4.79 Å². The van der Waals surface area contributed by atoms with Crippen LogP contribution in [0.5, 0.6) is 5.75 Å². The average Bonchev–Trinajstić information content (AvgIpc) is 3.33. The Kier molecular flexibility index (Phi) is 10.0. The van der Waals surface area contributed by atoms with Crippen molar-refractivity contribution in [1.29, 1.82) is 5.26 Å². The molecule has 0 unspecified atom stereocenters. The predicted octanol–water partition coefficient (Wildman–Crippen LogP) is 3.31. The Morgan fingerprint density at radius 1 is 1.28 bits per heavy atom. The van der Waals surface area contributed by atoms with E-state index in [4.69, 9.17) is 16.3 Å². The number of nitrogens with one attached hydrogen (secondary N) is 1. The fourth-order valence-corrected chi connectivity index (χ4v) is 4.68. The molecular weight excluding hydrogens is 558 g/mol. The first-order valence-electron chi connectivity index (χ1n) is 11.8. The number of pyridine rings is 3. The van der Waals surface area contributed by atoms with E-state index >= 15 is 0 Å². The first-order valence-corrected chi connectivity index (χ1v) is 12.2. The van der Waals surface area contributed by atoms with E-state index in [0.717, 1.165) is 11.1 Å². The van der Waals surface area contributed by atoms with Gasteiger partial charge in [-0.1, -0.05) is 11.6 Å². The number of anilines is 1. The van der Waals surface area contributed by atoms with Crippen LogP contribution in [0.25, 0.3) is 16.6 Å². The van der Waals surface area contributed by atoms with Crippen molar-refractivity contribution in [2.45, 2.75) is 25.5 Å². The average molecular weight is 586 g/mol. The van der Waals surface area contributed by atoms with E-state index in [9.17, 15) is 15.2 Å². The third kappa shape index (κ3) is 6.23. The molecule has 204 valence electrons. The van der Waals surface area contributed by atoms with E-state index < -0.39 is 18.1 Å². The Labute approximate surface area is 244 Å². The van der Waals surface area contributed by atoms with Gasteiger partial charge in [0.15, 0.2) is 0 Å². The van der Waals surface area contributed by atoms with Crippen molar-refractivity contribution in [1.82, 2.24) is 24.9 Å². The summed E-state index contributed by atoms with van der Waals surface area (Å²) in [5.41, 5.74) is 2.87. The van der Waals surface area contributed by atoms with Crippen LogP contribution in [0.3, 0.4) is 0 Å².